The van der Waals surface area contributed by atoms with Gasteiger partial charge in [0.05, 0.1) is 19.4 Å². The molecule has 0 bridgehead atoms. The Kier molecular flexibility index (Phi) is 8.22. The van der Waals surface area contributed by atoms with Crippen molar-refractivity contribution >= 4 is 23.6 Å². The van der Waals surface area contributed by atoms with Crippen LogP contribution in [0.15, 0.2) is 48.5 Å². The van der Waals surface area contributed by atoms with Crippen molar-refractivity contribution in [2.24, 2.45) is 5.73 Å². The number of hydrogen-bond acceptors (Lipinski definition) is 5. The lowest BCUT2D eigenvalue weighted by Crippen LogP contribution is -2.42. The van der Waals surface area contributed by atoms with Gasteiger partial charge in [0.2, 0.25) is 11.7 Å². The minimum Gasteiger partial charge on any atom is -0.466 e. The molecule has 2 aromatic rings. The highest BCUT2D eigenvalue weighted by atomic mass is 19.1. The smallest absolute Gasteiger partial charge is 0.307 e. The van der Waals surface area contributed by atoms with Crippen LogP contribution in [0.3, 0.4) is 0 Å². The fourth-order valence-corrected chi connectivity index (χ4v) is 2.89. The summed E-state index contributed by atoms with van der Waals surface area (Å²) in [5.74, 6) is -3.74. The van der Waals surface area contributed by atoms with Crippen LogP contribution in [-0.4, -0.2) is 36.2 Å². The van der Waals surface area contributed by atoms with Gasteiger partial charge in [-0.15, -0.1) is 0 Å². The maximum Gasteiger partial charge on any atom is 0.307 e. The average Bonchev–Trinajstić information content (AvgIpc) is 2.68. The Balaban J connectivity index is 2.12. The zero-order valence-electron chi connectivity index (χ0n) is 16.5. The molecule has 0 saturated heterocycles. The molecule has 0 saturated carbocycles. The van der Waals surface area contributed by atoms with Gasteiger partial charge in [-0.25, -0.2) is 4.39 Å². The molecule has 2 amide bonds. The third-order valence-electron chi connectivity index (χ3n) is 4.24. The first kappa shape index (κ1) is 22.7. The van der Waals surface area contributed by atoms with E-state index in [9.17, 15) is 23.6 Å². The molecule has 0 aliphatic heterocycles. The van der Waals surface area contributed by atoms with E-state index in [1.54, 1.807) is 43.3 Å². The Hall–Kier alpha value is -3.55. The quantitative estimate of drug-likeness (QED) is 0.350. The summed E-state index contributed by atoms with van der Waals surface area (Å²) in [4.78, 5) is 46.5. The predicted molar refractivity (Wildman–Crippen MR) is 108 cm³/mol. The third kappa shape index (κ3) is 7.12. The van der Waals surface area contributed by atoms with Crippen molar-refractivity contribution in [3.05, 3.63) is 59.9 Å². The lowest BCUT2D eigenvalue weighted by Gasteiger charge is -2.18. The number of amides is 2. The number of hydrogen-bond donors (Lipinski definition) is 2. The molecule has 0 aliphatic rings. The highest BCUT2D eigenvalue weighted by Gasteiger charge is 2.23. The number of carbonyl (C=O) groups excluding carboxylic acids is 4. The molecule has 0 fully saturated rings. The number of benzene rings is 2. The minimum atomic E-state index is -0.987. The Morgan fingerprint density at radius 3 is 2.37 bits per heavy atom. The molecule has 0 aromatic heterocycles. The second kappa shape index (κ2) is 10.8. The molecule has 158 valence electrons. The number of ether oxygens (including phenoxy) is 1. The van der Waals surface area contributed by atoms with Gasteiger partial charge in [-0.05, 0) is 42.2 Å². The third-order valence-corrected chi connectivity index (χ3v) is 4.24. The number of ketones is 1. The number of halogens is 1. The fraction of sp³-hybridized carbons (Fsp3) is 0.273. The molecule has 8 heteroatoms. The van der Waals surface area contributed by atoms with Gasteiger partial charge in [0, 0.05) is 6.04 Å². The van der Waals surface area contributed by atoms with E-state index in [0.29, 0.717) is 0 Å². The SMILES string of the molecule is CCOC(=O)C[C@@H](Cc1ccc(-c2cccc(F)c2)cc1)NC(=O)C(=O)CC(N)=O. The first-order valence-electron chi connectivity index (χ1n) is 9.41. The summed E-state index contributed by atoms with van der Waals surface area (Å²) in [6, 6.07) is 12.6. The van der Waals surface area contributed by atoms with Crippen molar-refractivity contribution < 1.29 is 28.3 Å². The second-order valence-electron chi connectivity index (χ2n) is 6.66. The molecule has 2 aromatic carbocycles. The summed E-state index contributed by atoms with van der Waals surface area (Å²) in [5.41, 5.74) is 7.25. The molecule has 2 rings (SSSR count). The molecule has 0 spiro atoms. The van der Waals surface area contributed by atoms with E-state index in [4.69, 9.17) is 10.5 Å². The van der Waals surface area contributed by atoms with Crippen LogP contribution in [0.1, 0.15) is 25.3 Å². The highest BCUT2D eigenvalue weighted by molar-refractivity contribution is 6.39. The van der Waals surface area contributed by atoms with Crippen LogP contribution in [0.5, 0.6) is 0 Å². The van der Waals surface area contributed by atoms with E-state index in [1.165, 1.54) is 12.1 Å². The minimum absolute atomic E-state index is 0.144. The lowest BCUT2D eigenvalue weighted by atomic mass is 9.99. The number of rotatable bonds is 10. The summed E-state index contributed by atoms with van der Waals surface area (Å²) in [6.07, 6.45) is -0.604. The molecule has 0 unspecified atom stereocenters. The summed E-state index contributed by atoms with van der Waals surface area (Å²) in [6.45, 7) is 1.84. The molecule has 0 heterocycles. The molecule has 3 N–H and O–H groups in total. The monoisotopic (exact) mass is 414 g/mol. The van der Waals surface area contributed by atoms with Gasteiger partial charge in [0.25, 0.3) is 5.91 Å². The highest BCUT2D eigenvalue weighted by Crippen LogP contribution is 2.21. The normalized spacial score (nSPS) is 11.4. The second-order valence-corrected chi connectivity index (χ2v) is 6.66. The van der Waals surface area contributed by atoms with Crippen molar-refractivity contribution in [3.8, 4) is 11.1 Å². The zero-order valence-corrected chi connectivity index (χ0v) is 16.5. The topological polar surface area (TPSA) is 116 Å². The number of nitrogens with one attached hydrogen (secondary N) is 1. The maximum absolute atomic E-state index is 13.4. The van der Waals surface area contributed by atoms with Gasteiger partial charge in [-0.1, -0.05) is 36.4 Å². The number of primary amides is 1. The number of nitrogens with two attached hydrogens (primary N) is 1. The van der Waals surface area contributed by atoms with Crippen LogP contribution in [0, 0.1) is 5.82 Å². The summed E-state index contributed by atoms with van der Waals surface area (Å²) >= 11 is 0. The van der Waals surface area contributed by atoms with E-state index < -0.39 is 36.0 Å². The van der Waals surface area contributed by atoms with Crippen molar-refractivity contribution in [2.75, 3.05) is 6.61 Å². The van der Waals surface area contributed by atoms with Crippen molar-refractivity contribution in [1.82, 2.24) is 5.32 Å². The first-order valence-corrected chi connectivity index (χ1v) is 9.41. The van der Waals surface area contributed by atoms with Crippen molar-refractivity contribution in [1.29, 1.82) is 0 Å². The molecular weight excluding hydrogens is 391 g/mol. The number of carbonyl (C=O) groups is 4. The van der Waals surface area contributed by atoms with E-state index in [-0.39, 0.29) is 25.3 Å². The fourth-order valence-electron chi connectivity index (χ4n) is 2.89. The predicted octanol–water partition coefficient (Wildman–Crippen LogP) is 1.92. The van der Waals surface area contributed by atoms with Gasteiger partial charge in [0.1, 0.15) is 5.82 Å². The lowest BCUT2D eigenvalue weighted by molar-refractivity contribution is -0.145. The maximum atomic E-state index is 13.4. The Morgan fingerprint density at radius 1 is 1.07 bits per heavy atom. The summed E-state index contributed by atoms with van der Waals surface area (Å²) < 4.78 is 18.3. The molecule has 7 nitrogen and oxygen atoms in total. The Morgan fingerprint density at radius 2 is 1.77 bits per heavy atom. The largest absolute Gasteiger partial charge is 0.466 e. The zero-order chi connectivity index (χ0) is 22.1. The van der Waals surface area contributed by atoms with Crippen LogP contribution in [-0.2, 0) is 30.3 Å². The number of Topliss-reactive ketones (excluding diaryl/α,β-unsaturated/α-hetero) is 1. The van der Waals surface area contributed by atoms with E-state index in [1.807, 2.05) is 0 Å². The van der Waals surface area contributed by atoms with Gasteiger partial charge < -0.3 is 15.8 Å². The Bertz CT molecular complexity index is 927. The van der Waals surface area contributed by atoms with Gasteiger partial charge in [0.15, 0.2) is 0 Å². The molecule has 1 atom stereocenters. The average molecular weight is 414 g/mol. The van der Waals surface area contributed by atoms with Crippen LogP contribution >= 0.6 is 0 Å². The Labute approximate surface area is 173 Å². The van der Waals surface area contributed by atoms with Crippen LogP contribution < -0.4 is 11.1 Å². The summed E-state index contributed by atoms with van der Waals surface area (Å²) in [7, 11) is 0. The number of esters is 1. The molecule has 0 radical (unpaired) electrons. The van der Waals surface area contributed by atoms with Crippen LogP contribution in [0.2, 0.25) is 0 Å². The van der Waals surface area contributed by atoms with Gasteiger partial charge >= 0.3 is 5.97 Å². The van der Waals surface area contributed by atoms with Gasteiger partial charge in [-0.3, -0.25) is 19.2 Å². The summed E-state index contributed by atoms with van der Waals surface area (Å²) in [5, 5.41) is 2.47. The van der Waals surface area contributed by atoms with Crippen LogP contribution in [0.25, 0.3) is 11.1 Å². The standard InChI is InChI=1S/C22H23FN2O5/c1-2-30-21(28)12-18(25-22(29)19(26)13-20(24)27)10-14-6-8-15(9-7-14)16-4-3-5-17(23)11-16/h3-9,11,18H,2,10,12-13H2,1H3,(H2,24,27)(H,25,29)/t18-/m1/s1. The molecule has 0 aliphatic carbocycles. The van der Waals surface area contributed by atoms with Crippen LogP contribution in [0.4, 0.5) is 4.39 Å². The molecular formula is C22H23FN2O5. The molecule has 30 heavy (non-hydrogen) atoms. The van der Waals surface area contributed by atoms with Gasteiger partial charge in [-0.2, -0.15) is 0 Å². The van der Waals surface area contributed by atoms with E-state index >= 15 is 0 Å². The van der Waals surface area contributed by atoms with E-state index in [2.05, 4.69) is 5.32 Å². The van der Waals surface area contributed by atoms with Crippen molar-refractivity contribution in [3.63, 3.8) is 0 Å². The first-order chi connectivity index (χ1) is 14.3. The van der Waals surface area contributed by atoms with Crippen molar-refractivity contribution in [2.45, 2.75) is 32.2 Å². The van der Waals surface area contributed by atoms with E-state index in [0.717, 1.165) is 16.7 Å².